The minimum absolute atomic E-state index is 0.463. The zero-order valence-corrected chi connectivity index (χ0v) is 10.3. The van der Waals surface area contributed by atoms with Crippen molar-refractivity contribution in [3.63, 3.8) is 0 Å². The molecule has 90 valence electrons. The Morgan fingerprint density at radius 1 is 0.882 bits per heavy atom. The van der Waals surface area contributed by atoms with Gasteiger partial charge in [-0.25, -0.2) is 0 Å². The molecule has 0 radical (unpaired) electrons. The van der Waals surface area contributed by atoms with E-state index in [2.05, 4.69) is 24.3 Å². The normalized spacial score (nSPS) is 25.6. The highest BCUT2D eigenvalue weighted by atomic mass is 16.1. The van der Waals surface area contributed by atoms with Crippen molar-refractivity contribution >= 4 is 5.78 Å². The molecule has 0 bridgehead atoms. The molecule has 0 amide bonds. The Hall–Kier alpha value is -1.11. The molecule has 0 spiro atoms. The van der Waals surface area contributed by atoms with Crippen LogP contribution in [0.5, 0.6) is 0 Å². The highest BCUT2D eigenvalue weighted by Gasteiger charge is 2.27. The quantitative estimate of drug-likeness (QED) is 0.742. The molecule has 2 aliphatic carbocycles. The van der Waals surface area contributed by atoms with E-state index in [0.717, 1.165) is 25.2 Å². The molecule has 2 saturated carbocycles. The lowest BCUT2D eigenvalue weighted by Crippen LogP contribution is -2.17. The van der Waals surface area contributed by atoms with Crippen molar-refractivity contribution in [1.82, 2.24) is 0 Å². The average Bonchev–Trinajstić information content (AvgIpc) is 2.27. The average molecular weight is 228 g/mol. The molecule has 0 N–H and O–H groups in total. The van der Waals surface area contributed by atoms with E-state index >= 15 is 0 Å². The Morgan fingerprint density at radius 3 is 2.12 bits per heavy atom. The van der Waals surface area contributed by atoms with Gasteiger partial charge in [-0.2, -0.15) is 0 Å². The van der Waals surface area contributed by atoms with Gasteiger partial charge in [0.05, 0.1) is 0 Å². The fraction of sp³-hybridized carbons (Fsp3) is 0.562. The van der Waals surface area contributed by atoms with Gasteiger partial charge in [-0.3, -0.25) is 4.79 Å². The molecule has 1 heteroatoms. The fourth-order valence-electron chi connectivity index (χ4n) is 3.26. The van der Waals surface area contributed by atoms with E-state index in [1.54, 1.807) is 5.56 Å². The van der Waals surface area contributed by atoms with Crippen LogP contribution < -0.4 is 0 Å². The maximum Gasteiger partial charge on any atom is 0.133 e. The van der Waals surface area contributed by atoms with Crippen molar-refractivity contribution in [2.45, 2.75) is 56.8 Å². The molecule has 0 aliphatic heterocycles. The van der Waals surface area contributed by atoms with Gasteiger partial charge in [-0.1, -0.05) is 30.7 Å². The summed E-state index contributed by atoms with van der Waals surface area (Å²) in [6, 6.07) is 8.84. The monoisotopic (exact) mass is 228 g/mol. The summed E-state index contributed by atoms with van der Waals surface area (Å²) in [5, 5.41) is 0. The van der Waals surface area contributed by atoms with Crippen LogP contribution in [0.2, 0.25) is 0 Å². The lowest BCUT2D eigenvalue weighted by molar-refractivity contribution is -0.120. The minimum Gasteiger partial charge on any atom is -0.300 e. The Bertz CT molecular complexity index is 417. The zero-order chi connectivity index (χ0) is 11.7. The van der Waals surface area contributed by atoms with Gasteiger partial charge >= 0.3 is 0 Å². The summed E-state index contributed by atoms with van der Waals surface area (Å²) < 4.78 is 0. The van der Waals surface area contributed by atoms with Gasteiger partial charge in [-0.15, -0.1) is 0 Å². The van der Waals surface area contributed by atoms with Gasteiger partial charge in [0.25, 0.3) is 0 Å². The highest BCUT2D eigenvalue weighted by Crippen LogP contribution is 2.42. The third kappa shape index (κ3) is 2.15. The fourth-order valence-corrected chi connectivity index (χ4v) is 3.26. The summed E-state index contributed by atoms with van der Waals surface area (Å²) in [7, 11) is 0. The number of benzene rings is 1. The third-order valence-electron chi connectivity index (χ3n) is 4.46. The second-order valence-corrected chi connectivity index (χ2v) is 5.59. The summed E-state index contributed by atoms with van der Waals surface area (Å²) in [6.07, 6.45) is 7.95. The van der Waals surface area contributed by atoms with E-state index in [-0.39, 0.29) is 0 Å². The van der Waals surface area contributed by atoms with Crippen LogP contribution >= 0.6 is 0 Å². The molecule has 2 fully saturated rings. The number of Topliss-reactive ketones (excluding diaryl/α,β-unsaturated/α-hetero) is 1. The minimum atomic E-state index is 0.463. The molecule has 1 atom stereocenters. The van der Waals surface area contributed by atoms with Crippen molar-refractivity contribution < 1.29 is 4.79 Å². The summed E-state index contributed by atoms with van der Waals surface area (Å²) >= 11 is 0. The Labute approximate surface area is 103 Å². The first-order chi connectivity index (χ1) is 8.34. The molecule has 1 aromatic carbocycles. The van der Waals surface area contributed by atoms with Crippen molar-refractivity contribution in [2.75, 3.05) is 0 Å². The number of rotatable bonds is 2. The van der Waals surface area contributed by atoms with Gasteiger partial charge in [0, 0.05) is 12.8 Å². The molecule has 2 aliphatic rings. The molecule has 3 rings (SSSR count). The van der Waals surface area contributed by atoms with Gasteiger partial charge < -0.3 is 0 Å². The predicted octanol–water partition coefficient (Wildman–Crippen LogP) is 4.18. The van der Waals surface area contributed by atoms with Gasteiger partial charge in [0.2, 0.25) is 0 Å². The van der Waals surface area contributed by atoms with E-state index in [9.17, 15) is 4.79 Å². The summed E-state index contributed by atoms with van der Waals surface area (Å²) in [5.74, 6) is 1.75. The molecular weight excluding hydrogens is 208 g/mol. The second kappa shape index (κ2) is 4.64. The van der Waals surface area contributed by atoms with Crippen LogP contribution in [-0.2, 0) is 4.79 Å². The largest absolute Gasteiger partial charge is 0.300 e. The van der Waals surface area contributed by atoms with Gasteiger partial charge in [0.1, 0.15) is 5.78 Å². The standard InChI is InChI=1S/C16H20O/c17-14-8-4-7-13(11-14)16-10-2-1-9-15(16)12-5-3-6-12/h1-2,9-10,12-13H,3-8,11H2. The number of hydrogen-bond donors (Lipinski definition) is 0. The van der Waals surface area contributed by atoms with Crippen LogP contribution in [0.15, 0.2) is 24.3 Å². The van der Waals surface area contributed by atoms with Crippen LogP contribution in [0.4, 0.5) is 0 Å². The predicted molar refractivity (Wildman–Crippen MR) is 69.3 cm³/mol. The summed E-state index contributed by atoms with van der Waals surface area (Å²) in [4.78, 5) is 11.6. The van der Waals surface area contributed by atoms with Crippen LogP contribution in [-0.4, -0.2) is 5.78 Å². The molecule has 0 aromatic heterocycles. The highest BCUT2D eigenvalue weighted by molar-refractivity contribution is 5.80. The van der Waals surface area contributed by atoms with Crippen LogP contribution in [0.3, 0.4) is 0 Å². The van der Waals surface area contributed by atoms with Crippen molar-refractivity contribution in [1.29, 1.82) is 0 Å². The van der Waals surface area contributed by atoms with Gasteiger partial charge in [-0.05, 0) is 48.6 Å². The molecule has 17 heavy (non-hydrogen) atoms. The first kappa shape index (κ1) is 11.0. The number of ketones is 1. The number of carbonyl (C=O) groups excluding carboxylic acids is 1. The lowest BCUT2D eigenvalue weighted by atomic mass is 9.73. The number of hydrogen-bond acceptors (Lipinski definition) is 1. The van der Waals surface area contributed by atoms with Crippen molar-refractivity contribution in [2.24, 2.45) is 0 Å². The Kier molecular flexibility index (Phi) is 3.00. The molecule has 0 saturated heterocycles. The number of carbonyl (C=O) groups is 1. The smallest absolute Gasteiger partial charge is 0.133 e. The van der Waals surface area contributed by atoms with Crippen molar-refractivity contribution in [3.8, 4) is 0 Å². The molecule has 0 heterocycles. The van der Waals surface area contributed by atoms with Gasteiger partial charge in [0.15, 0.2) is 0 Å². The molecule has 1 nitrogen and oxygen atoms in total. The van der Waals surface area contributed by atoms with Crippen LogP contribution in [0.1, 0.15) is 67.9 Å². The Morgan fingerprint density at radius 2 is 1.53 bits per heavy atom. The molecule has 1 aromatic rings. The SMILES string of the molecule is O=C1CCCC(c2ccccc2C2CCC2)C1. The van der Waals surface area contributed by atoms with E-state index in [0.29, 0.717) is 11.7 Å². The van der Waals surface area contributed by atoms with E-state index in [1.807, 2.05) is 0 Å². The molecule has 1 unspecified atom stereocenters. The second-order valence-electron chi connectivity index (χ2n) is 5.59. The van der Waals surface area contributed by atoms with Crippen molar-refractivity contribution in [3.05, 3.63) is 35.4 Å². The van der Waals surface area contributed by atoms with E-state index in [1.165, 1.54) is 31.2 Å². The van der Waals surface area contributed by atoms with Crippen LogP contribution in [0.25, 0.3) is 0 Å². The summed E-state index contributed by atoms with van der Waals surface area (Å²) in [5.41, 5.74) is 3.02. The third-order valence-corrected chi connectivity index (χ3v) is 4.46. The zero-order valence-electron chi connectivity index (χ0n) is 10.3. The topological polar surface area (TPSA) is 17.1 Å². The summed E-state index contributed by atoms with van der Waals surface area (Å²) in [6.45, 7) is 0. The molecular formula is C16H20O. The first-order valence-corrected chi connectivity index (χ1v) is 6.95. The first-order valence-electron chi connectivity index (χ1n) is 6.95. The van der Waals surface area contributed by atoms with E-state index < -0.39 is 0 Å². The lowest BCUT2D eigenvalue weighted by Gasteiger charge is -2.31. The van der Waals surface area contributed by atoms with Crippen LogP contribution in [0, 0.1) is 0 Å². The maximum atomic E-state index is 11.6. The maximum absolute atomic E-state index is 11.6. The Balaban J connectivity index is 1.87. The van der Waals surface area contributed by atoms with E-state index in [4.69, 9.17) is 0 Å².